The van der Waals surface area contributed by atoms with Gasteiger partial charge < -0.3 is 24.7 Å². The molecule has 4 rings (SSSR count). The van der Waals surface area contributed by atoms with E-state index in [9.17, 15) is 10.1 Å². The smallest absolute Gasteiger partial charge is 0.342 e. The number of benzene rings is 1. The molecule has 26 heavy (non-hydrogen) atoms. The Bertz CT molecular complexity index is 1000. The molecular formula is C18H14N2O5S. The first kappa shape index (κ1) is 16.3. The molecule has 2 N–H and O–H groups in total. The molecule has 1 aromatic heterocycles. The minimum absolute atomic E-state index is 0.0226. The Morgan fingerprint density at radius 2 is 2.15 bits per heavy atom. The van der Waals surface area contributed by atoms with Gasteiger partial charge in [0.2, 0.25) is 12.7 Å². The van der Waals surface area contributed by atoms with Crippen LogP contribution in [0.15, 0.2) is 29.7 Å². The number of fused-ring (bicyclic) bond motifs is 2. The zero-order chi connectivity index (χ0) is 18.4. The van der Waals surface area contributed by atoms with E-state index in [1.807, 2.05) is 12.1 Å². The monoisotopic (exact) mass is 370 g/mol. The molecule has 1 atom stereocenters. The number of carbonyl (C=O) groups excluding carboxylic acids is 1. The van der Waals surface area contributed by atoms with Gasteiger partial charge in [-0.3, -0.25) is 0 Å². The van der Waals surface area contributed by atoms with Crippen LogP contribution in [-0.2, 0) is 4.74 Å². The summed E-state index contributed by atoms with van der Waals surface area (Å²) in [7, 11) is 1.31. The van der Waals surface area contributed by atoms with E-state index in [1.54, 1.807) is 13.0 Å². The average molecular weight is 370 g/mol. The number of aryl methyl sites for hydroxylation is 1. The van der Waals surface area contributed by atoms with Gasteiger partial charge in [0.25, 0.3) is 0 Å². The fraction of sp³-hybridized carbons (Fsp3) is 0.222. The van der Waals surface area contributed by atoms with E-state index < -0.39 is 11.9 Å². The van der Waals surface area contributed by atoms with E-state index in [4.69, 9.17) is 24.7 Å². The Hall–Kier alpha value is -3.18. The van der Waals surface area contributed by atoms with Crippen LogP contribution >= 0.6 is 11.3 Å². The molecule has 0 spiro atoms. The molecule has 0 radical (unpaired) electrons. The van der Waals surface area contributed by atoms with Gasteiger partial charge in [-0.1, -0.05) is 6.07 Å². The van der Waals surface area contributed by atoms with Crippen molar-refractivity contribution in [1.82, 2.24) is 0 Å². The summed E-state index contributed by atoms with van der Waals surface area (Å²) in [5.74, 6) is 0.615. The molecule has 2 aromatic rings. The van der Waals surface area contributed by atoms with Crippen LogP contribution in [0.1, 0.15) is 31.6 Å². The normalized spacial score (nSPS) is 17.3. The van der Waals surface area contributed by atoms with E-state index in [-0.39, 0.29) is 18.2 Å². The number of methoxy groups -OCH3 is 1. The topological polar surface area (TPSA) is 104 Å². The van der Waals surface area contributed by atoms with Crippen LogP contribution in [0.5, 0.6) is 17.2 Å². The zero-order valence-corrected chi connectivity index (χ0v) is 14.8. The van der Waals surface area contributed by atoms with Gasteiger partial charge in [-0.2, -0.15) is 5.26 Å². The Kier molecular flexibility index (Phi) is 3.74. The molecule has 0 amide bonds. The SMILES string of the molecule is COC(=O)c1c(C)sc2c1OC(N)=C(C#N)[C@H]2c1ccc2c(c1)OCO2. The number of carbonyl (C=O) groups is 1. The summed E-state index contributed by atoms with van der Waals surface area (Å²) in [6, 6.07) is 7.59. The van der Waals surface area contributed by atoms with E-state index in [2.05, 4.69) is 6.07 Å². The molecule has 8 heteroatoms. The van der Waals surface area contributed by atoms with Crippen molar-refractivity contribution in [3.05, 3.63) is 50.5 Å². The summed E-state index contributed by atoms with van der Waals surface area (Å²) in [6.45, 7) is 1.96. The molecule has 0 saturated carbocycles. The third-order valence-electron chi connectivity index (χ3n) is 4.33. The number of ether oxygens (including phenoxy) is 4. The van der Waals surface area contributed by atoms with Crippen molar-refractivity contribution in [2.45, 2.75) is 12.8 Å². The predicted octanol–water partition coefficient (Wildman–Crippen LogP) is 2.79. The number of nitrogens with zero attached hydrogens (tertiary/aromatic N) is 1. The number of hydrogen-bond donors (Lipinski definition) is 1. The van der Waals surface area contributed by atoms with Crippen LogP contribution in [0.3, 0.4) is 0 Å². The minimum Gasteiger partial charge on any atom is -0.465 e. The van der Waals surface area contributed by atoms with Crippen LogP contribution in [0.25, 0.3) is 0 Å². The first-order chi connectivity index (χ1) is 12.5. The number of thiophene rings is 1. The van der Waals surface area contributed by atoms with Crippen LogP contribution in [-0.4, -0.2) is 19.9 Å². The van der Waals surface area contributed by atoms with Gasteiger partial charge in [-0.15, -0.1) is 11.3 Å². The highest BCUT2D eigenvalue weighted by molar-refractivity contribution is 7.12. The quantitative estimate of drug-likeness (QED) is 0.811. The summed E-state index contributed by atoms with van der Waals surface area (Å²) < 4.78 is 21.3. The van der Waals surface area contributed by atoms with Crippen molar-refractivity contribution in [1.29, 1.82) is 5.26 Å². The van der Waals surface area contributed by atoms with Crippen LogP contribution < -0.4 is 19.9 Å². The van der Waals surface area contributed by atoms with Gasteiger partial charge in [0.1, 0.15) is 17.2 Å². The predicted molar refractivity (Wildman–Crippen MR) is 92.3 cm³/mol. The molecule has 1 aromatic carbocycles. The van der Waals surface area contributed by atoms with Crippen molar-refractivity contribution in [3.8, 4) is 23.3 Å². The summed E-state index contributed by atoms with van der Waals surface area (Å²) >= 11 is 1.38. The maximum absolute atomic E-state index is 12.2. The summed E-state index contributed by atoms with van der Waals surface area (Å²) in [6.07, 6.45) is 0. The van der Waals surface area contributed by atoms with Crippen molar-refractivity contribution in [2.75, 3.05) is 13.9 Å². The fourth-order valence-electron chi connectivity index (χ4n) is 3.14. The molecule has 2 aliphatic rings. The Morgan fingerprint density at radius 1 is 1.38 bits per heavy atom. The average Bonchev–Trinajstić information content (AvgIpc) is 3.22. The number of hydrogen-bond acceptors (Lipinski definition) is 8. The lowest BCUT2D eigenvalue weighted by molar-refractivity contribution is 0.0597. The highest BCUT2D eigenvalue weighted by atomic mass is 32.1. The highest BCUT2D eigenvalue weighted by Gasteiger charge is 2.37. The first-order valence-electron chi connectivity index (χ1n) is 7.73. The molecule has 132 valence electrons. The number of esters is 1. The Balaban J connectivity index is 1.92. The number of nitrogens with two attached hydrogens (primary N) is 1. The van der Waals surface area contributed by atoms with Crippen LogP contribution in [0.4, 0.5) is 0 Å². The number of nitriles is 1. The van der Waals surface area contributed by atoms with Gasteiger partial charge in [-0.05, 0) is 24.6 Å². The van der Waals surface area contributed by atoms with Gasteiger partial charge in [0, 0.05) is 4.88 Å². The van der Waals surface area contributed by atoms with Crippen LogP contribution in [0.2, 0.25) is 0 Å². The summed E-state index contributed by atoms with van der Waals surface area (Å²) in [4.78, 5) is 13.6. The van der Waals surface area contributed by atoms with Gasteiger partial charge in [-0.25, -0.2) is 4.79 Å². The maximum Gasteiger partial charge on any atom is 0.342 e. The zero-order valence-electron chi connectivity index (χ0n) is 14.0. The lowest BCUT2D eigenvalue weighted by Crippen LogP contribution is -2.21. The van der Waals surface area contributed by atoms with Gasteiger partial charge in [0.15, 0.2) is 17.2 Å². The standard InChI is InChI=1S/C18H14N2O5S/c1-8-13(18(21)22-2)15-16(26-8)14(10(6-19)17(20)25-15)9-3-4-11-12(5-9)24-7-23-11/h3-5,14H,7,20H2,1-2H3/t14-/m1/s1. The summed E-state index contributed by atoms with van der Waals surface area (Å²) in [5.41, 5.74) is 7.42. The molecule has 2 aliphatic heterocycles. The molecule has 0 fully saturated rings. The maximum atomic E-state index is 12.2. The number of allylic oxidation sites excluding steroid dienone is 1. The van der Waals surface area contributed by atoms with Crippen molar-refractivity contribution in [3.63, 3.8) is 0 Å². The molecular weight excluding hydrogens is 356 g/mol. The second-order valence-corrected chi connectivity index (χ2v) is 7.01. The molecule has 7 nitrogen and oxygen atoms in total. The Labute approximate surface area is 153 Å². The Morgan fingerprint density at radius 3 is 2.88 bits per heavy atom. The fourth-order valence-corrected chi connectivity index (χ4v) is 4.36. The molecule has 3 heterocycles. The number of rotatable bonds is 2. The van der Waals surface area contributed by atoms with Crippen molar-refractivity contribution < 1.29 is 23.7 Å². The van der Waals surface area contributed by atoms with Gasteiger partial charge >= 0.3 is 5.97 Å². The minimum atomic E-state index is -0.502. The second-order valence-electron chi connectivity index (χ2n) is 5.76. The molecule has 0 aliphatic carbocycles. The van der Waals surface area contributed by atoms with E-state index in [0.29, 0.717) is 22.8 Å². The third kappa shape index (κ3) is 2.29. The molecule has 0 saturated heterocycles. The van der Waals surface area contributed by atoms with E-state index in [0.717, 1.165) is 15.3 Å². The second kappa shape index (κ2) is 5.97. The lowest BCUT2D eigenvalue weighted by Gasteiger charge is -2.24. The van der Waals surface area contributed by atoms with Crippen molar-refractivity contribution in [2.24, 2.45) is 5.73 Å². The summed E-state index contributed by atoms with van der Waals surface area (Å²) in [5, 5.41) is 9.63. The molecule has 0 bridgehead atoms. The first-order valence-corrected chi connectivity index (χ1v) is 8.55. The van der Waals surface area contributed by atoms with Crippen molar-refractivity contribution >= 4 is 17.3 Å². The lowest BCUT2D eigenvalue weighted by atomic mass is 9.88. The van der Waals surface area contributed by atoms with Gasteiger partial charge in [0.05, 0.1) is 17.9 Å². The highest BCUT2D eigenvalue weighted by Crippen LogP contribution is 2.50. The largest absolute Gasteiger partial charge is 0.465 e. The molecule has 0 unspecified atom stereocenters. The van der Waals surface area contributed by atoms with E-state index >= 15 is 0 Å². The third-order valence-corrected chi connectivity index (χ3v) is 5.49. The van der Waals surface area contributed by atoms with Crippen LogP contribution in [0, 0.1) is 18.3 Å². The van der Waals surface area contributed by atoms with E-state index in [1.165, 1.54) is 18.4 Å².